The molecule has 102 valence electrons. The number of pyridine rings is 2. The molecule has 0 aliphatic heterocycles. The molecule has 0 aliphatic rings. The minimum absolute atomic E-state index is 0.597. The molecule has 0 unspecified atom stereocenters. The monoisotopic (exact) mass is 348 g/mol. The van der Waals surface area contributed by atoms with Gasteiger partial charge in [-0.25, -0.2) is 9.97 Å². The molecule has 0 saturated heterocycles. The van der Waals surface area contributed by atoms with Crippen molar-refractivity contribution in [3.8, 4) is 0 Å². The second kappa shape index (κ2) is 5.95. The Hall–Kier alpha value is -1.37. The molecule has 20 heavy (non-hydrogen) atoms. The van der Waals surface area contributed by atoms with Gasteiger partial charge in [0.1, 0.15) is 15.7 Å². The number of aromatic nitrogens is 3. The molecule has 0 aliphatic carbocycles. The molecule has 2 N–H and O–H groups in total. The molecule has 0 bridgehead atoms. The highest BCUT2D eigenvalue weighted by Gasteiger charge is 2.14. The van der Waals surface area contributed by atoms with Crippen molar-refractivity contribution in [3.63, 3.8) is 0 Å². The Labute approximate surface area is 129 Å². The highest BCUT2D eigenvalue weighted by Crippen LogP contribution is 2.33. The van der Waals surface area contributed by atoms with E-state index >= 15 is 0 Å². The summed E-state index contributed by atoms with van der Waals surface area (Å²) in [6, 6.07) is 9.86. The van der Waals surface area contributed by atoms with Crippen molar-refractivity contribution < 1.29 is 0 Å². The van der Waals surface area contributed by atoms with Crippen LogP contribution in [-0.4, -0.2) is 20.9 Å². The van der Waals surface area contributed by atoms with Gasteiger partial charge in [0.15, 0.2) is 0 Å². The van der Waals surface area contributed by atoms with Gasteiger partial charge in [-0.1, -0.05) is 6.07 Å². The maximum atomic E-state index is 5.73. The Balaban J connectivity index is 2.06. The third-order valence-electron chi connectivity index (χ3n) is 2.89. The van der Waals surface area contributed by atoms with E-state index in [0.717, 1.165) is 32.3 Å². The lowest BCUT2D eigenvalue weighted by Gasteiger charge is -2.04. The van der Waals surface area contributed by atoms with Gasteiger partial charge in [-0.15, -0.1) is 0 Å². The lowest BCUT2D eigenvalue weighted by atomic mass is 10.3. The van der Waals surface area contributed by atoms with Crippen molar-refractivity contribution in [3.05, 3.63) is 52.9 Å². The van der Waals surface area contributed by atoms with E-state index in [-0.39, 0.29) is 0 Å². The van der Waals surface area contributed by atoms with E-state index in [2.05, 4.69) is 30.3 Å². The lowest BCUT2D eigenvalue weighted by molar-refractivity contribution is 0.875. The summed E-state index contributed by atoms with van der Waals surface area (Å²) in [7, 11) is 0. The predicted octanol–water partition coefficient (Wildman–Crippen LogP) is 3.14. The van der Waals surface area contributed by atoms with Crippen LogP contribution in [0.4, 0.5) is 0 Å². The molecule has 0 aromatic carbocycles. The summed E-state index contributed by atoms with van der Waals surface area (Å²) in [5.41, 5.74) is 7.79. The molecule has 3 rings (SSSR count). The molecule has 6 heteroatoms. The largest absolute Gasteiger partial charge is 0.330 e. The molecule has 3 aromatic rings. The maximum Gasteiger partial charge on any atom is 0.138 e. The van der Waals surface area contributed by atoms with Crippen LogP contribution in [0.5, 0.6) is 0 Å². The van der Waals surface area contributed by atoms with Crippen LogP contribution in [0.25, 0.3) is 5.65 Å². The number of hydrogen-bond donors (Lipinski definition) is 1. The van der Waals surface area contributed by atoms with Gasteiger partial charge in [0.05, 0.1) is 10.2 Å². The van der Waals surface area contributed by atoms with Gasteiger partial charge in [0, 0.05) is 18.8 Å². The van der Waals surface area contributed by atoms with Gasteiger partial charge >= 0.3 is 0 Å². The predicted molar refractivity (Wildman–Crippen MR) is 84.0 cm³/mol. The van der Waals surface area contributed by atoms with Gasteiger partial charge in [-0.3, -0.25) is 0 Å². The molecule has 3 aromatic heterocycles. The standard InChI is InChI=1S/C14H13BrN4S/c15-10-4-3-8-17-13(10)20-14-11(6-7-16)19-9-2-1-5-12(19)18-14/h1-5,8-9H,6-7,16H2. The fourth-order valence-electron chi connectivity index (χ4n) is 2.01. The topological polar surface area (TPSA) is 56.2 Å². The first-order chi connectivity index (χ1) is 9.79. The number of nitrogens with zero attached hydrogens (tertiary/aromatic N) is 3. The van der Waals surface area contributed by atoms with E-state index in [1.807, 2.05) is 36.5 Å². The van der Waals surface area contributed by atoms with Crippen LogP contribution in [0.15, 0.2) is 57.3 Å². The number of halogens is 1. The van der Waals surface area contributed by atoms with Gasteiger partial charge in [-0.05, 0) is 58.5 Å². The Morgan fingerprint density at radius 2 is 2.10 bits per heavy atom. The molecule has 0 atom stereocenters. The Morgan fingerprint density at radius 3 is 2.90 bits per heavy atom. The summed E-state index contributed by atoms with van der Waals surface area (Å²) in [5.74, 6) is 0. The van der Waals surface area contributed by atoms with Crippen LogP contribution in [-0.2, 0) is 6.42 Å². The number of rotatable bonds is 4. The third-order valence-corrected chi connectivity index (χ3v) is 4.83. The van der Waals surface area contributed by atoms with Crippen LogP contribution in [0, 0.1) is 0 Å². The Morgan fingerprint density at radius 1 is 1.20 bits per heavy atom. The van der Waals surface area contributed by atoms with E-state index in [1.165, 1.54) is 0 Å². The molecular weight excluding hydrogens is 336 g/mol. The van der Waals surface area contributed by atoms with E-state index < -0.39 is 0 Å². The fraction of sp³-hybridized carbons (Fsp3) is 0.143. The normalized spacial score (nSPS) is 11.1. The average molecular weight is 349 g/mol. The number of fused-ring (bicyclic) bond motifs is 1. The van der Waals surface area contributed by atoms with Gasteiger partial charge < -0.3 is 10.1 Å². The second-order valence-corrected chi connectivity index (χ2v) is 6.06. The highest BCUT2D eigenvalue weighted by molar-refractivity contribution is 9.10. The summed E-state index contributed by atoms with van der Waals surface area (Å²) in [6.07, 6.45) is 4.59. The summed E-state index contributed by atoms with van der Waals surface area (Å²) >= 11 is 5.08. The molecule has 4 nitrogen and oxygen atoms in total. The minimum Gasteiger partial charge on any atom is -0.330 e. The molecule has 0 radical (unpaired) electrons. The number of hydrogen-bond acceptors (Lipinski definition) is 4. The number of imidazole rings is 1. The minimum atomic E-state index is 0.597. The van der Waals surface area contributed by atoms with E-state index in [9.17, 15) is 0 Å². The second-order valence-electron chi connectivity index (χ2n) is 4.22. The van der Waals surface area contributed by atoms with Crippen molar-refractivity contribution in [2.75, 3.05) is 6.54 Å². The zero-order valence-corrected chi connectivity index (χ0v) is 13.1. The quantitative estimate of drug-likeness (QED) is 0.786. The summed E-state index contributed by atoms with van der Waals surface area (Å²) in [4.78, 5) is 9.06. The molecule has 3 heterocycles. The van der Waals surface area contributed by atoms with E-state index in [4.69, 9.17) is 5.73 Å². The van der Waals surface area contributed by atoms with Crippen LogP contribution in [0.2, 0.25) is 0 Å². The lowest BCUT2D eigenvalue weighted by Crippen LogP contribution is -2.06. The van der Waals surface area contributed by atoms with Crippen molar-refractivity contribution in [2.45, 2.75) is 16.5 Å². The van der Waals surface area contributed by atoms with Crippen LogP contribution >= 0.6 is 27.7 Å². The average Bonchev–Trinajstić information content (AvgIpc) is 2.80. The zero-order chi connectivity index (χ0) is 13.9. The SMILES string of the molecule is NCCc1c(Sc2ncccc2Br)nc2ccccn12. The molecule has 0 amide bonds. The van der Waals surface area contributed by atoms with Crippen LogP contribution < -0.4 is 5.73 Å². The van der Waals surface area contributed by atoms with Crippen LogP contribution in [0.1, 0.15) is 5.69 Å². The van der Waals surface area contributed by atoms with Crippen molar-refractivity contribution >= 4 is 33.3 Å². The zero-order valence-electron chi connectivity index (χ0n) is 10.7. The first kappa shape index (κ1) is 13.6. The van der Waals surface area contributed by atoms with Gasteiger partial charge in [0.2, 0.25) is 0 Å². The summed E-state index contributed by atoms with van der Waals surface area (Å²) < 4.78 is 3.06. The van der Waals surface area contributed by atoms with E-state index in [0.29, 0.717) is 6.54 Å². The summed E-state index contributed by atoms with van der Waals surface area (Å²) in [5, 5.41) is 1.87. The van der Waals surface area contributed by atoms with Crippen molar-refractivity contribution in [1.29, 1.82) is 0 Å². The highest BCUT2D eigenvalue weighted by atomic mass is 79.9. The van der Waals surface area contributed by atoms with Crippen molar-refractivity contribution in [2.24, 2.45) is 5.73 Å². The Kier molecular flexibility index (Phi) is 4.05. The van der Waals surface area contributed by atoms with Gasteiger partial charge in [0.25, 0.3) is 0 Å². The fourth-order valence-corrected chi connectivity index (χ4v) is 3.43. The molecular formula is C14H13BrN4S. The first-order valence-electron chi connectivity index (χ1n) is 6.24. The third kappa shape index (κ3) is 2.59. The van der Waals surface area contributed by atoms with Crippen LogP contribution in [0.3, 0.4) is 0 Å². The molecule has 0 saturated carbocycles. The van der Waals surface area contributed by atoms with E-state index in [1.54, 1.807) is 18.0 Å². The van der Waals surface area contributed by atoms with Crippen molar-refractivity contribution in [1.82, 2.24) is 14.4 Å². The maximum absolute atomic E-state index is 5.73. The number of nitrogens with two attached hydrogens (primary N) is 1. The van der Waals surface area contributed by atoms with Gasteiger partial charge in [-0.2, -0.15) is 0 Å². The smallest absolute Gasteiger partial charge is 0.138 e. The summed E-state index contributed by atoms with van der Waals surface area (Å²) in [6.45, 7) is 0.597. The Bertz CT molecular complexity index is 741. The molecule has 0 fully saturated rings. The molecule has 0 spiro atoms. The first-order valence-corrected chi connectivity index (χ1v) is 7.85.